The third-order valence-corrected chi connectivity index (χ3v) is 5.32. The molecule has 4 rings (SSSR count). The van der Waals surface area contributed by atoms with Crippen LogP contribution < -0.4 is 24.4 Å². The monoisotopic (exact) mass is 464 g/mol. The zero-order valence-electron chi connectivity index (χ0n) is 18.0. The lowest BCUT2D eigenvalue weighted by Gasteiger charge is -2.17. The molecule has 1 heterocycles. The van der Waals surface area contributed by atoms with Crippen LogP contribution in [0.5, 0.6) is 17.2 Å². The van der Waals surface area contributed by atoms with E-state index in [4.69, 9.17) is 26.4 Å². The summed E-state index contributed by atoms with van der Waals surface area (Å²) in [4.78, 5) is 14.5. The largest absolute Gasteiger partial charge is 0.496 e. The Morgan fingerprint density at radius 1 is 0.970 bits per heavy atom. The van der Waals surface area contributed by atoms with Gasteiger partial charge in [0, 0.05) is 5.56 Å². The molecule has 0 radical (unpaired) electrons. The van der Waals surface area contributed by atoms with Crippen LogP contribution in [0.1, 0.15) is 11.1 Å². The summed E-state index contributed by atoms with van der Waals surface area (Å²) in [5, 5.41) is 3.22. The van der Waals surface area contributed by atoms with Crippen LogP contribution in [0.25, 0.3) is 6.08 Å². The number of hydrogen-bond donors (Lipinski definition) is 1. The van der Waals surface area contributed by atoms with Gasteiger partial charge in [-0.1, -0.05) is 30.3 Å². The van der Waals surface area contributed by atoms with Crippen LogP contribution in [-0.2, 0) is 11.4 Å². The first-order chi connectivity index (χ1) is 16.0. The second kappa shape index (κ2) is 9.70. The lowest BCUT2D eigenvalue weighted by Crippen LogP contribution is -2.30. The van der Waals surface area contributed by atoms with Gasteiger partial charge in [0.1, 0.15) is 23.8 Å². The zero-order valence-corrected chi connectivity index (χ0v) is 18.8. The molecular weight excluding hydrogens is 443 g/mol. The van der Waals surface area contributed by atoms with E-state index in [0.717, 1.165) is 5.56 Å². The fraction of sp³-hybridized carbons (Fsp3) is 0.120. The number of hydrogen-bond acceptors (Lipinski definition) is 5. The minimum Gasteiger partial charge on any atom is -0.496 e. The van der Waals surface area contributed by atoms with E-state index in [2.05, 4.69) is 5.32 Å². The Labute approximate surface area is 196 Å². The lowest BCUT2D eigenvalue weighted by atomic mass is 10.1. The lowest BCUT2D eigenvalue weighted by molar-refractivity contribution is -0.113. The van der Waals surface area contributed by atoms with Crippen molar-refractivity contribution in [2.24, 2.45) is 0 Å². The van der Waals surface area contributed by atoms with Gasteiger partial charge in [0.25, 0.3) is 5.91 Å². The summed E-state index contributed by atoms with van der Waals surface area (Å²) < 4.78 is 30.3. The Balaban J connectivity index is 1.60. The van der Waals surface area contributed by atoms with Gasteiger partial charge in [0.2, 0.25) is 0 Å². The highest BCUT2D eigenvalue weighted by molar-refractivity contribution is 7.80. The summed E-state index contributed by atoms with van der Waals surface area (Å²) in [6.45, 7) is 0.0915. The normalized spacial score (nSPS) is 14.4. The van der Waals surface area contributed by atoms with Gasteiger partial charge in [-0.2, -0.15) is 0 Å². The molecule has 8 heteroatoms. The van der Waals surface area contributed by atoms with Gasteiger partial charge in [-0.3, -0.25) is 4.79 Å². The number of amides is 1. The van der Waals surface area contributed by atoms with Crippen molar-refractivity contribution in [3.63, 3.8) is 0 Å². The molecule has 0 saturated carbocycles. The number of carbonyl (C=O) groups is 1. The molecule has 0 aliphatic carbocycles. The minimum atomic E-state index is -0.444. The predicted octanol–water partition coefficient (Wildman–Crippen LogP) is 4.68. The molecule has 3 aromatic rings. The SMILES string of the molecule is COc1ccc(/C=C2/NC(=S)N(c3ccccc3OC)C2=O)cc1COc1ccccc1F. The molecule has 1 aliphatic rings. The standard InChI is InChI=1S/C25H21FN2O4S/c1-30-21-12-11-16(13-17(21)15-32-22-9-5-3-7-18(22)26)14-19-24(29)28(25(33)27-19)20-8-4-6-10-23(20)31-2/h3-14H,15H2,1-2H3,(H,27,33)/b19-14+. The second-order valence-corrected chi connectivity index (χ2v) is 7.48. The van der Waals surface area contributed by atoms with Gasteiger partial charge < -0.3 is 19.5 Å². The van der Waals surface area contributed by atoms with Crippen molar-refractivity contribution in [2.75, 3.05) is 19.1 Å². The maximum atomic E-state index is 13.9. The van der Waals surface area contributed by atoms with Crippen molar-refractivity contribution in [3.8, 4) is 17.2 Å². The van der Waals surface area contributed by atoms with Crippen LogP contribution >= 0.6 is 12.2 Å². The van der Waals surface area contributed by atoms with E-state index >= 15 is 0 Å². The van der Waals surface area contributed by atoms with Crippen LogP contribution in [0, 0.1) is 5.82 Å². The van der Waals surface area contributed by atoms with E-state index in [9.17, 15) is 9.18 Å². The van der Waals surface area contributed by atoms with E-state index in [1.807, 2.05) is 18.2 Å². The van der Waals surface area contributed by atoms with E-state index < -0.39 is 5.82 Å². The number of halogens is 1. The van der Waals surface area contributed by atoms with E-state index in [1.54, 1.807) is 55.7 Å². The summed E-state index contributed by atoms with van der Waals surface area (Å²) in [5.41, 5.74) is 2.30. The molecule has 3 aromatic carbocycles. The quantitative estimate of drug-likeness (QED) is 0.405. The number of thiocarbonyl (C=S) groups is 1. The molecule has 0 atom stereocenters. The average molecular weight is 465 g/mol. The third-order valence-electron chi connectivity index (χ3n) is 5.04. The van der Waals surface area contributed by atoms with Crippen molar-refractivity contribution < 1.29 is 23.4 Å². The molecule has 168 valence electrons. The number of anilines is 1. The van der Waals surface area contributed by atoms with Crippen molar-refractivity contribution in [3.05, 3.63) is 89.4 Å². The molecular formula is C25H21FN2O4S. The number of nitrogens with one attached hydrogen (secondary N) is 1. The maximum absolute atomic E-state index is 13.9. The molecule has 0 aromatic heterocycles. The van der Waals surface area contributed by atoms with Crippen molar-refractivity contribution in [1.82, 2.24) is 5.32 Å². The number of methoxy groups -OCH3 is 2. The van der Waals surface area contributed by atoms with Crippen LogP contribution in [0.15, 0.2) is 72.4 Å². The highest BCUT2D eigenvalue weighted by atomic mass is 32.1. The van der Waals surface area contributed by atoms with E-state index in [1.165, 1.54) is 18.1 Å². The molecule has 0 unspecified atom stereocenters. The number of benzene rings is 3. The molecule has 1 saturated heterocycles. The van der Waals surface area contributed by atoms with Crippen LogP contribution in [-0.4, -0.2) is 25.2 Å². The molecule has 0 spiro atoms. The molecule has 6 nitrogen and oxygen atoms in total. The van der Waals surface area contributed by atoms with Gasteiger partial charge in [-0.15, -0.1) is 0 Å². The summed E-state index contributed by atoms with van der Waals surface area (Å²) in [5.74, 6) is 0.525. The van der Waals surface area contributed by atoms with Crippen LogP contribution in [0.4, 0.5) is 10.1 Å². The predicted molar refractivity (Wildman–Crippen MR) is 128 cm³/mol. The molecule has 33 heavy (non-hydrogen) atoms. The Bertz CT molecular complexity index is 1240. The van der Waals surface area contributed by atoms with Crippen molar-refractivity contribution in [1.29, 1.82) is 0 Å². The van der Waals surface area contributed by atoms with Gasteiger partial charge in [-0.05, 0) is 60.3 Å². The van der Waals surface area contributed by atoms with Gasteiger partial charge >= 0.3 is 0 Å². The highest BCUT2D eigenvalue weighted by Gasteiger charge is 2.33. The number of para-hydroxylation sites is 3. The Kier molecular flexibility index (Phi) is 6.55. The number of nitrogens with zero attached hydrogens (tertiary/aromatic N) is 1. The first kappa shape index (κ1) is 22.3. The highest BCUT2D eigenvalue weighted by Crippen LogP contribution is 2.32. The van der Waals surface area contributed by atoms with E-state index in [0.29, 0.717) is 28.4 Å². The Hall–Kier alpha value is -3.91. The van der Waals surface area contributed by atoms with Crippen molar-refractivity contribution in [2.45, 2.75) is 6.61 Å². The zero-order chi connectivity index (χ0) is 23.4. The smallest absolute Gasteiger partial charge is 0.281 e. The van der Waals surface area contributed by atoms with Gasteiger partial charge in [0.15, 0.2) is 16.7 Å². The fourth-order valence-electron chi connectivity index (χ4n) is 3.45. The van der Waals surface area contributed by atoms with Gasteiger partial charge in [0.05, 0.1) is 19.9 Å². The molecule has 1 fully saturated rings. The minimum absolute atomic E-state index is 0.0915. The first-order valence-electron chi connectivity index (χ1n) is 10.1. The topological polar surface area (TPSA) is 60.0 Å². The van der Waals surface area contributed by atoms with E-state index in [-0.39, 0.29) is 23.4 Å². The number of ether oxygens (including phenoxy) is 3. The summed E-state index contributed by atoms with van der Waals surface area (Å²) in [6, 6.07) is 18.7. The number of carbonyl (C=O) groups excluding carboxylic acids is 1. The molecule has 1 aliphatic heterocycles. The third kappa shape index (κ3) is 4.65. The first-order valence-corrected chi connectivity index (χ1v) is 10.5. The average Bonchev–Trinajstić information content (AvgIpc) is 3.11. The summed E-state index contributed by atoms with van der Waals surface area (Å²) in [7, 11) is 3.08. The van der Waals surface area contributed by atoms with Crippen molar-refractivity contribution >= 4 is 35.0 Å². The summed E-state index contributed by atoms with van der Waals surface area (Å²) >= 11 is 5.40. The van der Waals surface area contributed by atoms with Crippen LogP contribution in [0.3, 0.4) is 0 Å². The molecule has 1 amide bonds. The Morgan fingerprint density at radius 2 is 1.67 bits per heavy atom. The molecule has 0 bridgehead atoms. The fourth-order valence-corrected chi connectivity index (χ4v) is 3.74. The molecule has 1 N–H and O–H groups in total. The van der Waals surface area contributed by atoms with Gasteiger partial charge in [-0.25, -0.2) is 9.29 Å². The second-order valence-electron chi connectivity index (χ2n) is 7.09. The Morgan fingerprint density at radius 3 is 2.39 bits per heavy atom. The summed E-state index contributed by atoms with van der Waals surface area (Å²) in [6.07, 6.45) is 1.69. The maximum Gasteiger partial charge on any atom is 0.281 e. The number of rotatable bonds is 7. The van der Waals surface area contributed by atoms with Crippen LogP contribution in [0.2, 0.25) is 0 Å².